The molecule has 0 aliphatic carbocycles. The lowest BCUT2D eigenvalue weighted by atomic mass is 9.87. The number of benzene rings is 1. The molecular formula is C19H26N2O3. The minimum Gasteiger partial charge on any atom is -0.496 e. The van der Waals surface area contributed by atoms with Gasteiger partial charge >= 0.3 is 0 Å². The van der Waals surface area contributed by atoms with E-state index in [4.69, 9.17) is 4.74 Å². The van der Waals surface area contributed by atoms with E-state index in [1.165, 1.54) is 6.08 Å². The zero-order valence-corrected chi connectivity index (χ0v) is 14.5. The SMILES string of the molecule is C=CC(=O)NCCC(=O)N1CC[C@@H](C)C[C@H]1c1ccccc1OC. The molecule has 2 amide bonds. The first-order chi connectivity index (χ1) is 11.6. The van der Waals surface area contributed by atoms with Gasteiger partial charge in [-0.05, 0) is 30.9 Å². The standard InChI is InChI=1S/C19H26N2O3/c1-4-18(22)20-11-9-19(23)21-12-10-14(2)13-16(21)15-7-5-6-8-17(15)24-3/h4-8,14,16H,1,9-13H2,2-3H3,(H,20,22)/t14-,16+/m1/s1. The van der Waals surface area contributed by atoms with Crippen LogP contribution in [0.25, 0.3) is 0 Å². The Bertz CT molecular complexity index is 600. The molecule has 130 valence electrons. The number of methoxy groups -OCH3 is 1. The van der Waals surface area contributed by atoms with Gasteiger partial charge in [0.2, 0.25) is 11.8 Å². The van der Waals surface area contributed by atoms with Crippen LogP contribution in [-0.4, -0.2) is 36.9 Å². The van der Waals surface area contributed by atoms with Gasteiger partial charge in [0.25, 0.3) is 0 Å². The lowest BCUT2D eigenvalue weighted by Crippen LogP contribution is -2.42. The highest BCUT2D eigenvalue weighted by molar-refractivity contribution is 5.87. The van der Waals surface area contributed by atoms with E-state index in [-0.39, 0.29) is 17.9 Å². The van der Waals surface area contributed by atoms with Crippen molar-refractivity contribution in [2.75, 3.05) is 20.2 Å². The van der Waals surface area contributed by atoms with Crippen LogP contribution in [0.5, 0.6) is 5.75 Å². The van der Waals surface area contributed by atoms with Gasteiger partial charge in [0.05, 0.1) is 13.2 Å². The Labute approximate surface area is 143 Å². The molecule has 0 radical (unpaired) electrons. The fourth-order valence-electron chi connectivity index (χ4n) is 3.19. The molecule has 24 heavy (non-hydrogen) atoms. The van der Waals surface area contributed by atoms with Gasteiger partial charge in [-0.3, -0.25) is 9.59 Å². The Morgan fingerprint density at radius 2 is 2.17 bits per heavy atom. The molecule has 1 aliphatic rings. The maximum Gasteiger partial charge on any atom is 0.243 e. The van der Waals surface area contributed by atoms with Crippen LogP contribution in [0.1, 0.15) is 37.8 Å². The summed E-state index contributed by atoms with van der Waals surface area (Å²) in [5, 5.41) is 2.66. The second-order valence-corrected chi connectivity index (χ2v) is 6.22. The number of ether oxygens (including phenoxy) is 1. The number of piperidine rings is 1. The minimum absolute atomic E-state index is 0.0208. The number of carbonyl (C=O) groups is 2. The molecule has 0 bridgehead atoms. The highest BCUT2D eigenvalue weighted by atomic mass is 16.5. The molecule has 1 aliphatic heterocycles. The fourth-order valence-corrected chi connectivity index (χ4v) is 3.19. The summed E-state index contributed by atoms with van der Waals surface area (Å²) in [5.74, 6) is 1.18. The van der Waals surface area contributed by atoms with Crippen molar-refractivity contribution < 1.29 is 14.3 Å². The summed E-state index contributed by atoms with van der Waals surface area (Å²) >= 11 is 0. The van der Waals surface area contributed by atoms with Crippen molar-refractivity contribution in [2.24, 2.45) is 5.92 Å². The lowest BCUT2D eigenvalue weighted by Gasteiger charge is -2.39. The topological polar surface area (TPSA) is 58.6 Å². The molecule has 1 aromatic carbocycles. The summed E-state index contributed by atoms with van der Waals surface area (Å²) in [6.45, 7) is 6.68. The maximum atomic E-state index is 12.7. The van der Waals surface area contributed by atoms with Crippen LogP contribution >= 0.6 is 0 Å². The molecule has 1 heterocycles. The van der Waals surface area contributed by atoms with Crippen LogP contribution in [0.15, 0.2) is 36.9 Å². The third-order valence-corrected chi connectivity index (χ3v) is 4.51. The zero-order chi connectivity index (χ0) is 17.5. The molecule has 1 aromatic rings. The van der Waals surface area contributed by atoms with Crippen LogP contribution in [0.3, 0.4) is 0 Å². The van der Waals surface area contributed by atoms with Gasteiger partial charge in [-0.1, -0.05) is 31.7 Å². The Morgan fingerprint density at radius 3 is 2.88 bits per heavy atom. The minimum atomic E-state index is -0.253. The molecule has 1 fully saturated rings. The number of amides is 2. The highest BCUT2D eigenvalue weighted by Crippen LogP contribution is 2.38. The van der Waals surface area contributed by atoms with Gasteiger partial charge in [-0.15, -0.1) is 0 Å². The molecule has 0 spiro atoms. The zero-order valence-electron chi connectivity index (χ0n) is 14.5. The van der Waals surface area contributed by atoms with Gasteiger partial charge in [0.15, 0.2) is 0 Å². The number of para-hydroxylation sites is 1. The molecule has 1 saturated heterocycles. The monoisotopic (exact) mass is 330 g/mol. The Morgan fingerprint density at radius 1 is 1.42 bits per heavy atom. The van der Waals surface area contributed by atoms with E-state index in [2.05, 4.69) is 18.8 Å². The van der Waals surface area contributed by atoms with E-state index in [0.29, 0.717) is 18.9 Å². The molecule has 2 rings (SSSR count). The van der Waals surface area contributed by atoms with Gasteiger partial charge in [-0.2, -0.15) is 0 Å². The van der Waals surface area contributed by atoms with Gasteiger partial charge in [0, 0.05) is 25.1 Å². The number of nitrogens with one attached hydrogen (secondary N) is 1. The third-order valence-electron chi connectivity index (χ3n) is 4.51. The average molecular weight is 330 g/mol. The Kier molecular flexibility index (Phi) is 6.41. The number of rotatable bonds is 6. The Hall–Kier alpha value is -2.30. The first-order valence-electron chi connectivity index (χ1n) is 8.39. The van der Waals surface area contributed by atoms with Crippen molar-refractivity contribution in [2.45, 2.75) is 32.2 Å². The first-order valence-corrected chi connectivity index (χ1v) is 8.39. The molecule has 5 nitrogen and oxygen atoms in total. The third kappa shape index (κ3) is 4.37. The summed E-state index contributed by atoms with van der Waals surface area (Å²) in [6, 6.07) is 7.89. The largest absolute Gasteiger partial charge is 0.496 e. The normalized spacial score (nSPS) is 20.3. The van der Waals surface area contributed by atoms with E-state index in [1.807, 2.05) is 29.2 Å². The van der Waals surface area contributed by atoms with E-state index in [0.717, 1.165) is 30.7 Å². The van der Waals surface area contributed by atoms with Gasteiger partial charge in [0.1, 0.15) is 5.75 Å². The van der Waals surface area contributed by atoms with Crippen molar-refractivity contribution in [3.05, 3.63) is 42.5 Å². The summed E-state index contributed by atoms with van der Waals surface area (Å²) < 4.78 is 5.48. The molecule has 0 unspecified atom stereocenters. The fraction of sp³-hybridized carbons (Fsp3) is 0.474. The molecule has 1 N–H and O–H groups in total. The van der Waals surface area contributed by atoms with Crippen molar-refractivity contribution >= 4 is 11.8 Å². The highest BCUT2D eigenvalue weighted by Gasteiger charge is 2.32. The predicted molar refractivity (Wildman–Crippen MR) is 93.7 cm³/mol. The predicted octanol–water partition coefficient (Wildman–Crippen LogP) is 2.69. The van der Waals surface area contributed by atoms with E-state index in [9.17, 15) is 9.59 Å². The second kappa shape index (κ2) is 8.52. The summed E-state index contributed by atoms with van der Waals surface area (Å²) in [7, 11) is 1.65. The maximum absolute atomic E-state index is 12.7. The smallest absolute Gasteiger partial charge is 0.243 e. The molecule has 2 atom stereocenters. The Balaban J connectivity index is 2.12. The van der Waals surface area contributed by atoms with Crippen LogP contribution in [0.4, 0.5) is 0 Å². The van der Waals surface area contributed by atoms with E-state index in [1.54, 1.807) is 7.11 Å². The number of hydrogen-bond acceptors (Lipinski definition) is 3. The first kappa shape index (κ1) is 18.0. The van der Waals surface area contributed by atoms with Crippen molar-refractivity contribution in [1.29, 1.82) is 0 Å². The van der Waals surface area contributed by atoms with E-state index >= 15 is 0 Å². The summed E-state index contributed by atoms with van der Waals surface area (Å²) in [6.07, 6.45) is 3.42. The van der Waals surface area contributed by atoms with Crippen molar-refractivity contribution in [1.82, 2.24) is 10.2 Å². The van der Waals surface area contributed by atoms with Crippen LogP contribution in [0, 0.1) is 5.92 Å². The number of likely N-dealkylation sites (tertiary alicyclic amines) is 1. The number of carbonyl (C=O) groups excluding carboxylic acids is 2. The molecule has 0 aromatic heterocycles. The second-order valence-electron chi connectivity index (χ2n) is 6.22. The van der Waals surface area contributed by atoms with Gasteiger partial charge in [-0.25, -0.2) is 0 Å². The number of hydrogen-bond donors (Lipinski definition) is 1. The van der Waals surface area contributed by atoms with Crippen LogP contribution in [-0.2, 0) is 9.59 Å². The lowest BCUT2D eigenvalue weighted by molar-refractivity contribution is -0.135. The van der Waals surface area contributed by atoms with Gasteiger partial charge < -0.3 is 15.0 Å². The van der Waals surface area contributed by atoms with Crippen LogP contribution in [0.2, 0.25) is 0 Å². The van der Waals surface area contributed by atoms with Crippen molar-refractivity contribution in [3.63, 3.8) is 0 Å². The molecule has 5 heteroatoms. The van der Waals surface area contributed by atoms with E-state index < -0.39 is 0 Å². The average Bonchev–Trinajstić information content (AvgIpc) is 2.61. The van der Waals surface area contributed by atoms with Crippen LogP contribution < -0.4 is 10.1 Å². The molecule has 0 saturated carbocycles. The number of nitrogens with zero attached hydrogens (tertiary/aromatic N) is 1. The molecular weight excluding hydrogens is 304 g/mol. The quantitative estimate of drug-likeness (QED) is 0.816. The summed E-state index contributed by atoms with van der Waals surface area (Å²) in [5.41, 5.74) is 1.05. The van der Waals surface area contributed by atoms with Crippen molar-refractivity contribution in [3.8, 4) is 5.75 Å². The summed E-state index contributed by atoms with van der Waals surface area (Å²) in [4.78, 5) is 25.8.